The molecule has 1 aromatic carbocycles. The van der Waals surface area contributed by atoms with Crippen molar-refractivity contribution in [1.29, 1.82) is 0 Å². The first-order valence-electron chi connectivity index (χ1n) is 5.29. The zero-order valence-electron chi connectivity index (χ0n) is 9.35. The molecule has 0 atom stereocenters. The first-order valence-corrected chi connectivity index (χ1v) is 5.67. The fraction of sp³-hybridized carbons (Fsp3) is 0.167. The smallest absolute Gasteiger partial charge is 0.256 e. The van der Waals surface area contributed by atoms with Crippen molar-refractivity contribution in [2.75, 3.05) is 5.32 Å². The summed E-state index contributed by atoms with van der Waals surface area (Å²) in [5.41, 5.74) is 0.556. The summed E-state index contributed by atoms with van der Waals surface area (Å²) in [4.78, 5) is 11.8. The number of rotatable bonds is 3. The van der Waals surface area contributed by atoms with Crippen LogP contribution in [0.1, 0.15) is 17.3 Å². The third-order valence-electron chi connectivity index (χ3n) is 2.31. The second-order valence-electron chi connectivity index (χ2n) is 3.52. The van der Waals surface area contributed by atoms with Gasteiger partial charge in [-0.05, 0) is 31.2 Å². The van der Waals surface area contributed by atoms with Gasteiger partial charge in [-0.2, -0.15) is 5.10 Å². The number of amides is 1. The number of carbonyl (C=O) groups excluding carboxylic acids is 1. The molecule has 1 aromatic heterocycles. The van der Waals surface area contributed by atoms with Gasteiger partial charge < -0.3 is 5.32 Å². The summed E-state index contributed by atoms with van der Waals surface area (Å²) in [6, 6.07) is 8.47. The number of carbonyl (C=O) groups is 1. The molecule has 0 saturated carbocycles. The molecule has 0 unspecified atom stereocenters. The Kier molecular flexibility index (Phi) is 3.44. The number of hydrogen-bond acceptors (Lipinski definition) is 2. The average Bonchev–Trinajstić information content (AvgIpc) is 2.77. The van der Waals surface area contributed by atoms with Gasteiger partial charge in [-0.15, -0.1) is 0 Å². The molecule has 1 amide bonds. The number of hydrogen-bond donors (Lipinski definition) is 1. The van der Waals surface area contributed by atoms with Crippen LogP contribution in [0.5, 0.6) is 0 Å². The van der Waals surface area contributed by atoms with Crippen LogP contribution in [-0.4, -0.2) is 15.7 Å². The Labute approximate surface area is 104 Å². The molecule has 0 radical (unpaired) electrons. The highest BCUT2D eigenvalue weighted by molar-refractivity contribution is 6.30. The number of nitrogens with one attached hydrogen (secondary N) is 1. The number of halogens is 1. The molecular formula is C12H12ClN3O. The van der Waals surface area contributed by atoms with Crippen LogP contribution < -0.4 is 5.32 Å². The second-order valence-corrected chi connectivity index (χ2v) is 3.95. The second kappa shape index (κ2) is 5.01. The Balaban J connectivity index is 2.08. The minimum atomic E-state index is -0.192. The van der Waals surface area contributed by atoms with Crippen molar-refractivity contribution < 1.29 is 4.79 Å². The van der Waals surface area contributed by atoms with Crippen molar-refractivity contribution in [3.63, 3.8) is 0 Å². The monoisotopic (exact) mass is 249 g/mol. The molecule has 1 heterocycles. The van der Waals surface area contributed by atoms with Crippen molar-refractivity contribution in [2.24, 2.45) is 0 Å². The molecule has 0 aliphatic rings. The highest BCUT2D eigenvalue weighted by Crippen LogP contribution is 2.11. The summed E-state index contributed by atoms with van der Waals surface area (Å²) in [5.74, 6) is 0.356. The van der Waals surface area contributed by atoms with E-state index in [1.807, 2.05) is 13.1 Å². The molecule has 1 N–H and O–H groups in total. The predicted octanol–water partition coefficient (Wildman–Crippen LogP) is 2.81. The van der Waals surface area contributed by atoms with Crippen molar-refractivity contribution >= 4 is 23.3 Å². The molecule has 17 heavy (non-hydrogen) atoms. The molecule has 4 nitrogen and oxygen atoms in total. The van der Waals surface area contributed by atoms with E-state index >= 15 is 0 Å². The van der Waals surface area contributed by atoms with Gasteiger partial charge in [0.05, 0.1) is 0 Å². The van der Waals surface area contributed by atoms with E-state index in [1.165, 1.54) is 0 Å². The SMILES string of the molecule is CCn1ccc(NC(=O)c2ccc(Cl)cc2)n1. The number of aryl methyl sites for hydroxylation is 1. The van der Waals surface area contributed by atoms with Gasteiger partial charge in [0.1, 0.15) is 0 Å². The van der Waals surface area contributed by atoms with E-state index in [9.17, 15) is 4.79 Å². The molecule has 2 aromatic rings. The highest BCUT2D eigenvalue weighted by Gasteiger charge is 2.07. The van der Waals surface area contributed by atoms with Gasteiger partial charge in [0.15, 0.2) is 5.82 Å². The molecular weight excluding hydrogens is 238 g/mol. The van der Waals surface area contributed by atoms with Crippen LogP contribution >= 0.6 is 11.6 Å². The number of benzene rings is 1. The molecule has 0 aliphatic carbocycles. The average molecular weight is 250 g/mol. The molecule has 0 saturated heterocycles. The van der Waals surface area contributed by atoms with Crippen molar-refractivity contribution in [2.45, 2.75) is 13.5 Å². The molecule has 0 aliphatic heterocycles. The summed E-state index contributed by atoms with van der Waals surface area (Å²) >= 11 is 5.75. The van der Waals surface area contributed by atoms with E-state index in [2.05, 4.69) is 10.4 Å². The van der Waals surface area contributed by atoms with Crippen molar-refractivity contribution in [1.82, 2.24) is 9.78 Å². The molecule has 0 spiro atoms. The first-order chi connectivity index (χ1) is 8.19. The van der Waals surface area contributed by atoms with E-state index in [0.717, 1.165) is 6.54 Å². The Morgan fingerprint density at radius 3 is 2.65 bits per heavy atom. The maximum Gasteiger partial charge on any atom is 0.256 e. The molecule has 88 valence electrons. The quantitative estimate of drug-likeness (QED) is 0.909. The largest absolute Gasteiger partial charge is 0.305 e. The van der Waals surface area contributed by atoms with E-state index in [-0.39, 0.29) is 5.91 Å². The van der Waals surface area contributed by atoms with E-state index < -0.39 is 0 Å². The lowest BCUT2D eigenvalue weighted by atomic mass is 10.2. The minimum Gasteiger partial charge on any atom is -0.305 e. The van der Waals surface area contributed by atoms with Crippen LogP contribution in [-0.2, 0) is 6.54 Å². The standard InChI is InChI=1S/C12H12ClN3O/c1-2-16-8-7-11(15-16)14-12(17)9-3-5-10(13)6-4-9/h3-8H,2H2,1H3,(H,14,15,17). The zero-order valence-corrected chi connectivity index (χ0v) is 10.1. The molecule has 0 fully saturated rings. The topological polar surface area (TPSA) is 46.9 Å². The van der Waals surface area contributed by atoms with Gasteiger partial charge in [0, 0.05) is 29.4 Å². The third-order valence-corrected chi connectivity index (χ3v) is 2.56. The highest BCUT2D eigenvalue weighted by atomic mass is 35.5. The van der Waals surface area contributed by atoms with Crippen LogP contribution in [0.25, 0.3) is 0 Å². The molecule has 0 bridgehead atoms. The summed E-state index contributed by atoms with van der Waals surface area (Å²) in [5, 5.41) is 7.50. The number of anilines is 1. The summed E-state index contributed by atoms with van der Waals surface area (Å²) in [7, 11) is 0. The van der Waals surface area contributed by atoms with Crippen LogP contribution in [0.4, 0.5) is 5.82 Å². The van der Waals surface area contributed by atoms with Gasteiger partial charge in [-0.1, -0.05) is 11.6 Å². The van der Waals surface area contributed by atoms with Crippen molar-refractivity contribution in [3.05, 3.63) is 47.1 Å². The van der Waals surface area contributed by atoms with E-state index in [0.29, 0.717) is 16.4 Å². The lowest BCUT2D eigenvalue weighted by Gasteiger charge is -2.01. The number of nitrogens with zero attached hydrogens (tertiary/aromatic N) is 2. The van der Waals surface area contributed by atoms with Crippen LogP contribution in [0.15, 0.2) is 36.5 Å². The fourth-order valence-electron chi connectivity index (χ4n) is 1.39. The zero-order chi connectivity index (χ0) is 12.3. The lowest BCUT2D eigenvalue weighted by Crippen LogP contribution is -2.12. The maximum absolute atomic E-state index is 11.8. The third kappa shape index (κ3) is 2.85. The number of aromatic nitrogens is 2. The Hall–Kier alpha value is -1.81. The van der Waals surface area contributed by atoms with Gasteiger partial charge in [0.25, 0.3) is 5.91 Å². The minimum absolute atomic E-state index is 0.192. The summed E-state index contributed by atoms with van der Waals surface area (Å²) in [6.07, 6.45) is 1.82. The predicted molar refractivity (Wildman–Crippen MR) is 67.3 cm³/mol. The van der Waals surface area contributed by atoms with Crippen molar-refractivity contribution in [3.8, 4) is 0 Å². The molecule has 2 rings (SSSR count). The van der Waals surface area contributed by atoms with Crippen LogP contribution in [0.2, 0.25) is 5.02 Å². The summed E-state index contributed by atoms with van der Waals surface area (Å²) < 4.78 is 1.75. The van der Waals surface area contributed by atoms with Gasteiger partial charge >= 0.3 is 0 Å². The molecule has 5 heteroatoms. The van der Waals surface area contributed by atoms with Gasteiger partial charge in [-0.3, -0.25) is 9.48 Å². The van der Waals surface area contributed by atoms with Crippen LogP contribution in [0.3, 0.4) is 0 Å². The Bertz CT molecular complexity index is 519. The normalized spacial score (nSPS) is 10.2. The lowest BCUT2D eigenvalue weighted by molar-refractivity contribution is 0.102. The Morgan fingerprint density at radius 1 is 1.35 bits per heavy atom. The summed E-state index contributed by atoms with van der Waals surface area (Å²) in [6.45, 7) is 2.76. The first kappa shape index (κ1) is 11.7. The van der Waals surface area contributed by atoms with E-state index in [1.54, 1.807) is 35.0 Å². The maximum atomic E-state index is 11.8. The van der Waals surface area contributed by atoms with Gasteiger partial charge in [0.2, 0.25) is 0 Å². The fourth-order valence-corrected chi connectivity index (χ4v) is 1.52. The van der Waals surface area contributed by atoms with Gasteiger partial charge in [-0.25, -0.2) is 0 Å². The van der Waals surface area contributed by atoms with E-state index in [4.69, 9.17) is 11.6 Å². The Morgan fingerprint density at radius 2 is 2.06 bits per heavy atom. The van der Waals surface area contributed by atoms with Crippen LogP contribution in [0, 0.1) is 0 Å².